The van der Waals surface area contributed by atoms with Gasteiger partial charge in [-0.15, -0.1) is 0 Å². The van der Waals surface area contributed by atoms with Gasteiger partial charge in [0.15, 0.2) is 0 Å². The average molecular weight is 481 g/mol. The highest BCUT2D eigenvalue weighted by Gasteiger charge is 2.31. The molecular formula is C23H20ClF3N2O2S. The number of aromatic nitrogens is 1. The van der Waals surface area contributed by atoms with E-state index in [1.165, 1.54) is 23.7 Å². The summed E-state index contributed by atoms with van der Waals surface area (Å²) >= 11 is 7.59. The lowest BCUT2D eigenvalue weighted by Crippen LogP contribution is -2.33. The summed E-state index contributed by atoms with van der Waals surface area (Å²) in [5.74, 6) is 1.21. The molecule has 1 aromatic heterocycles. The van der Waals surface area contributed by atoms with Gasteiger partial charge in [0.05, 0.1) is 22.7 Å². The minimum absolute atomic E-state index is 0.0566. The van der Waals surface area contributed by atoms with Crippen LogP contribution < -0.4 is 9.64 Å². The first kappa shape index (κ1) is 22.6. The standard InChI is InChI=1S/C23H20ClF3N2O2S/c1-14-21(24)22(32-28-14)29(13-16-2-3-16)20(30)12-15-4-8-18(9-5-15)31-19-10-6-17(7-11-19)23(25,26)27/h4-11,16H,2-3,12-13H2,1H3. The van der Waals surface area contributed by atoms with Crippen molar-refractivity contribution in [2.75, 3.05) is 11.4 Å². The molecule has 32 heavy (non-hydrogen) atoms. The van der Waals surface area contributed by atoms with Crippen molar-refractivity contribution in [3.63, 3.8) is 0 Å². The molecule has 0 saturated heterocycles. The molecule has 168 valence electrons. The molecule has 0 spiro atoms. The summed E-state index contributed by atoms with van der Waals surface area (Å²) in [6, 6.07) is 11.4. The summed E-state index contributed by atoms with van der Waals surface area (Å²) in [5, 5.41) is 1.20. The van der Waals surface area contributed by atoms with E-state index < -0.39 is 11.7 Å². The topological polar surface area (TPSA) is 42.4 Å². The van der Waals surface area contributed by atoms with Gasteiger partial charge in [-0.3, -0.25) is 4.79 Å². The van der Waals surface area contributed by atoms with E-state index in [-0.39, 0.29) is 12.3 Å². The predicted molar refractivity (Wildman–Crippen MR) is 119 cm³/mol. The third-order valence-corrected chi connectivity index (χ3v) is 6.68. The summed E-state index contributed by atoms with van der Waals surface area (Å²) in [7, 11) is 0. The Morgan fingerprint density at radius 3 is 2.22 bits per heavy atom. The maximum absolute atomic E-state index is 13.0. The fourth-order valence-corrected chi connectivity index (χ4v) is 4.28. The number of aryl methyl sites for hydroxylation is 1. The van der Waals surface area contributed by atoms with Gasteiger partial charge in [0.1, 0.15) is 16.5 Å². The molecule has 0 bridgehead atoms. The molecule has 1 aliphatic rings. The fraction of sp³-hybridized carbons (Fsp3) is 0.304. The number of amides is 1. The Labute approximate surface area is 192 Å². The second kappa shape index (κ2) is 9.11. The van der Waals surface area contributed by atoms with Crippen LogP contribution in [0.2, 0.25) is 5.02 Å². The van der Waals surface area contributed by atoms with Crippen LogP contribution in [0, 0.1) is 12.8 Å². The minimum Gasteiger partial charge on any atom is -0.457 e. The largest absolute Gasteiger partial charge is 0.457 e. The first-order chi connectivity index (χ1) is 15.2. The number of anilines is 1. The number of ether oxygens (including phenoxy) is 1. The number of benzene rings is 2. The Morgan fingerprint density at radius 1 is 1.12 bits per heavy atom. The Balaban J connectivity index is 1.42. The van der Waals surface area contributed by atoms with E-state index in [2.05, 4.69) is 4.37 Å². The monoisotopic (exact) mass is 480 g/mol. The number of halogens is 4. The zero-order valence-electron chi connectivity index (χ0n) is 17.2. The van der Waals surface area contributed by atoms with Gasteiger partial charge in [-0.05, 0) is 79.2 Å². The lowest BCUT2D eigenvalue weighted by atomic mass is 10.1. The van der Waals surface area contributed by atoms with Crippen LogP contribution in [0.1, 0.15) is 29.7 Å². The van der Waals surface area contributed by atoms with E-state index in [1.807, 2.05) is 6.92 Å². The fourth-order valence-electron chi connectivity index (χ4n) is 3.16. The number of rotatable bonds is 7. The summed E-state index contributed by atoms with van der Waals surface area (Å²) in [6.07, 6.45) is -1.98. The van der Waals surface area contributed by atoms with Gasteiger partial charge in [-0.1, -0.05) is 23.7 Å². The summed E-state index contributed by atoms with van der Waals surface area (Å²) < 4.78 is 47.9. The highest BCUT2D eigenvalue weighted by atomic mass is 35.5. The number of hydrogen-bond donors (Lipinski definition) is 0. The van der Waals surface area contributed by atoms with E-state index in [4.69, 9.17) is 16.3 Å². The molecule has 0 N–H and O–H groups in total. The Hall–Kier alpha value is -2.58. The number of carbonyl (C=O) groups is 1. The Morgan fingerprint density at radius 2 is 1.72 bits per heavy atom. The second-order valence-corrected chi connectivity index (χ2v) is 8.91. The van der Waals surface area contributed by atoms with Crippen molar-refractivity contribution < 1.29 is 22.7 Å². The lowest BCUT2D eigenvalue weighted by molar-refractivity contribution is -0.137. The number of alkyl halides is 3. The summed E-state index contributed by atoms with van der Waals surface area (Å²) in [4.78, 5) is 14.8. The van der Waals surface area contributed by atoms with E-state index in [9.17, 15) is 18.0 Å². The average Bonchev–Trinajstić information content (AvgIpc) is 3.52. The molecule has 9 heteroatoms. The van der Waals surface area contributed by atoms with E-state index >= 15 is 0 Å². The number of carbonyl (C=O) groups excluding carboxylic acids is 1. The zero-order chi connectivity index (χ0) is 22.9. The van der Waals surface area contributed by atoms with E-state index in [0.29, 0.717) is 39.7 Å². The summed E-state index contributed by atoms with van der Waals surface area (Å²) in [5.41, 5.74) is 0.781. The minimum atomic E-state index is -4.39. The molecule has 1 amide bonds. The second-order valence-electron chi connectivity index (χ2n) is 7.78. The van der Waals surface area contributed by atoms with Gasteiger partial charge >= 0.3 is 6.18 Å². The maximum Gasteiger partial charge on any atom is 0.416 e. The molecule has 0 atom stereocenters. The van der Waals surface area contributed by atoms with Gasteiger partial charge in [0, 0.05) is 6.54 Å². The van der Waals surface area contributed by atoms with Crippen molar-refractivity contribution in [3.05, 3.63) is 70.4 Å². The molecule has 1 aliphatic carbocycles. The number of hydrogen-bond acceptors (Lipinski definition) is 4. The highest BCUT2D eigenvalue weighted by Crippen LogP contribution is 2.38. The van der Waals surface area contributed by atoms with Gasteiger partial charge in [0.2, 0.25) is 5.91 Å². The molecule has 4 nitrogen and oxygen atoms in total. The molecule has 1 fully saturated rings. The molecule has 1 saturated carbocycles. The third kappa shape index (κ3) is 5.42. The highest BCUT2D eigenvalue weighted by molar-refractivity contribution is 7.11. The Bertz CT molecular complexity index is 1090. The number of nitrogens with zero attached hydrogens (tertiary/aromatic N) is 2. The van der Waals surface area contributed by atoms with Gasteiger partial charge < -0.3 is 9.64 Å². The normalized spacial score (nSPS) is 13.8. The molecule has 0 radical (unpaired) electrons. The van der Waals surface area contributed by atoms with Crippen LogP contribution in [0.4, 0.5) is 18.2 Å². The first-order valence-electron chi connectivity index (χ1n) is 10.1. The van der Waals surface area contributed by atoms with Crippen LogP contribution >= 0.6 is 23.1 Å². The molecule has 3 aromatic rings. The SMILES string of the molecule is Cc1nsc(N(CC2CC2)C(=O)Cc2ccc(Oc3ccc(C(F)(F)F)cc3)cc2)c1Cl. The van der Waals surface area contributed by atoms with Crippen molar-refractivity contribution in [2.24, 2.45) is 5.92 Å². The summed E-state index contributed by atoms with van der Waals surface area (Å²) in [6.45, 7) is 2.45. The third-order valence-electron chi connectivity index (χ3n) is 5.15. The smallest absolute Gasteiger partial charge is 0.416 e. The van der Waals surface area contributed by atoms with Crippen molar-refractivity contribution in [3.8, 4) is 11.5 Å². The molecule has 4 rings (SSSR count). The van der Waals surface area contributed by atoms with Crippen LogP contribution in [0.5, 0.6) is 11.5 Å². The van der Waals surface area contributed by atoms with Gasteiger partial charge in [0.25, 0.3) is 0 Å². The lowest BCUT2D eigenvalue weighted by Gasteiger charge is -2.21. The van der Waals surface area contributed by atoms with Crippen molar-refractivity contribution >= 4 is 34.0 Å². The quantitative estimate of drug-likeness (QED) is 0.369. The van der Waals surface area contributed by atoms with Crippen LogP contribution in [0.3, 0.4) is 0 Å². The first-order valence-corrected chi connectivity index (χ1v) is 11.2. The zero-order valence-corrected chi connectivity index (χ0v) is 18.7. The predicted octanol–water partition coefficient (Wildman–Crippen LogP) is 6.90. The molecule has 1 heterocycles. The van der Waals surface area contributed by atoms with Crippen LogP contribution in [-0.2, 0) is 17.4 Å². The van der Waals surface area contributed by atoms with Gasteiger partial charge in [-0.2, -0.15) is 17.5 Å². The van der Waals surface area contributed by atoms with Crippen molar-refractivity contribution in [1.82, 2.24) is 4.37 Å². The Kier molecular flexibility index (Phi) is 6.44. The van der Waals surface area contributed by atoms with E-state index in [0.717, 1.165) is 30.5 Å². The maximum atomic E-state index is 13.0. The molecule has 0 aliphatic heterocycles. The van der Waals surface area contributed by atoms with Gasteiger partial charge in [-0.25, -0.2) is 0 Å². The van der Waals surface area contributed by atoms with Crippen molar-refractivity contribution in [2.45, 2.75) is 32.4 Å². The molecule has 2 aromatic carbocycles. The van der Waals surface area contributed by atoms with Crippen LogP contribution in [0.15, 0.2) is 48.5 Å². The van der Waals surface area contributed by atoms with E-state index in [1.54, 1.807) is 29.2 Å². The van der Waals surface area contributed by atoms with Crippen LogP contribution in [-0.4, -0.2) is 16.8 Å². The van der Waals surface area contributed by atoms with Crippen LogP contribution in [0.25, 0.3) is 0 Å². The molecule has 0 unspecified atom stereocenters. The molecular weight excluding hydrogens is 461 g/mol. The van der Waals surface area contributed by atoms with Crippen molar-refractivity contribution in [1.29, 1.82) is 0 Å².